The lowest BCUT2D eigenvalue weighted by Gasteiger charge is -2.12. The maximum atomic E-state index is 11.0. The molecule has 1 atom stereocenters. The standard InChI is InChI=1S/C13H21NO3S/c1-10-9-12(11(2)14)5-6-13(10)17-7-4-8-18(3,15)16/h5-6,9,11H,4,7-8,14H2,1-3H3/t11-/m0/s1. The van der Waals surface area contributed by atoms with Gasteiger partial charge in [0.15, 0.2) is 0 Å². The fraction of sp³-hybridized carbons (Fsp3) is 0.538. The molecular formula is C13H21NO3S. The summed E-state index contributed by atoms with van der Waals surface area (Å²) in [7, 11) is -2.90. The van der Waals surface area contributed by atoms with Crippen LogP contribution in [0.4, 0.5) is 0 Å². The molecule has 0 saturated carbocycles. The molecule has 0 aliphatic rings. The summed E-state index contributed by atoms with van der Waals surface area (Å²) in [4.78, 5) is 0. The third-order valence-corrected chi connectivity index (χ3v) is 3.67. The number of hydrogen-bond donors (Lipinski definition) is 1. The van der Waals surface area contributed by atoms with Gasteiger partial charge in [-0.15, -0.1) is 0 Å². The molecule has 0 fully saturated rings. The van der Waals surface area contributed by atoms with Crippen LogP contribution < -0.4 is 10.5 Å². The summed E-state index contributed by atoms with van der Waals surface area (Å²) in [6.07, 6.45) is 1.74. The minimum Gasteiger partial charge on any atom is -0.493 e. The lowest BCUT2D eigenvalue weighted by Crippen LogP contribution is -2.09. The van der Waals surface area contributed by atoms with Gasteiger partial charge in [0.2, 0.25) is 0 Å². The van der Waals surface area contributed by atoms with Crippen LogP contribution in [0, 0.1) is 6.92 Å². The van der Waals surface area contributed by atoms with Crippen LogP contribution in [0.3, 0.4) is 0 Å². The van der Waals surface area contributed by atoms with Crippen molar-refractivity contribution in [2.45, 2.75) is 26.3 Å². The quantitative estimate of drug-likeness (QED) is 0.801. The van der Waals surface area contributed by atoms with Gasteiger partial charge in [-0.2, -0.15) is 0 Å². The molecule has 2 N–H and O–H groups in total. The van der Waals surface area contributed by atoms with Gasteiger partial charge in [-0.3, -0.25) is 0 Å². The predicted octanol–water partition coefficient (Wildman–Crippen LogP) is 1.83. The summed E-state index contributed by atoms with van der Waals surface area (Å²) in [5, 5.41) is 0. The first-order chi connectivity index (χ1) is 8.29. The smallest absolute Gasteiger partial charge is 0.147 e. The summed E-state index contributed by atoms with van der Waals surface area (Å²) in [6, 6.07) is 5.82. The molecule has 0 aromatic heterocycles. The minimum atomic E-state index is -2.90. The Balaban J connectivity index is 2.53. The number of sulfone groups is 1. The summed E-state index contributed by atoms with van der Waals surface area (Å²) >= 11 is 0. The van der Waals surface area contributed by atoms with E-state index in [0.29, 0.717) is 13.0 Å². The maximum absolute atomic E-state index is 11.0. The van der Waals surface area contributed by atoms with E-state index < -0.39 is 9.84 Å². The maximum Gasteiger partial charge on any atom is 0.147 e. The monoisotopic (exact) mass is 271 g/mol. The molecular weight excluding hydrogens is 250 g/mol. The van der Waals surface area contributed by atoms with Gasteiger partial charge in [0.05, 0.1) is 12.4 Å². The van der Waals surface area contributed by atoms with Crippen molar-refractivity contribution in [3.8, 4) is 5.75 Å². The van der Waals surface area contributed by atoms with Gasteiger partial charge in [-0.1, -0.05) is 12.1 Å². The SMILES string of the molecule is Cc1cc([C@H](C)N)ccc1OCCCS(C)(=O)=O. The van der Waals surface area contributed by atoms with Crippen LogP contribution in [0.15, 0.2) is 18.2 Å². The van der Waals surface area contributed by atoms with Crippen molar-refractivity contribution in [2.24, 2.45) is 5.73 Å². The number of nitrogens with two attached hydrogens (primary N) is 1. The molecule has 5 heteroatoms. The Morgan fingerprint density at radius 2 is 2.06 bits per heavy atom. The summed E-state index contributed by atoms with van der Waals surface area (Å²) in [6.45, 7) is 4.30. The first-order valence-corrected chi connectivity index (χ1v) is 8.02. The fourth-order valence-corrected chi connectivity index (χ4v) is 2.26. The molecule has 0 heterocycles. The average molecular weight is 271 g/mol. The van der Waals surface area contributed by atoms with Crippen molar-refractivity contribution >= 4 is 9.84 Å². The highest BCUT2D eigenvalue weighted by Crippen LogP contribution is 2.21. The van der Waals surface area contributed by atoms with Crippen LogP contribution in [0.5, 0.6) is 5.75 Å². The first kappa shape index (κ1) is 15.0. The summed E-state index contributed by atoms with van der Waals surface area (Å²) in [5.74, 6) is 0.942. The van der Waals surface area contributed by atoms with Gasteiger partial charge in [-0.25, -0.2) is 8.42 Å². The fourth-order valence-electron chi connectivity index (χ4n) is 1.62. The van der Waals surface area contributed by atoms with Crippen LogP contribution in [-0.4, -0.2) is 27.0 Å². The second-order valence-corrected chi connectivity index (χ2v) is 6.91. The van der Waals surface area contributed by atoms with Crippen molar-refractivity contribution in [2.75, 3.05) is 18.6 Å². The number of benzene rings is 1. The minimum absolute atomic E-state index is 0.00276. The lowest BCUT2D eigenvalue weighted by molar-refractivity contribution is 0.315. The summed E-state index contributed by atoms with van der Waals surface area (Å²) < 4.78 is 27.5. The molecule has 0 amide bonds. The third-order valence-electron chi connectivity index (χ3n) is 2.64. The molecule has 0 radical (unpaired) electrons. The number of ether oxygens (including phenoxy) is 1. The molecule has 1 aromatic rings. The molecule has 18 heavy (non-hydrogen) atoms. The Hall–Kier alpha value is -1.07. The van der Waals surface area contributed by atoms with Gasteiger partial charge in [-0.05, 0) is 37.5 Å². The van der Waals surface area contributed by atoms with Crippen LogP contribution in [0.2, 0.25) is 0 Å². The number of rotatable bonds is 6. The predicted molar refractivity (Wildman–Crippen MR) is 73.6 cm³/mol. The van der Waals surface area contributed by atoms with E-state index in [1.54, 1.807) is 0 Å². The van der Waals surface area contributed by atoms with Gasteiger partial charge < -0.3 is 10.5 Å². The number of aryl methyl sites for hydroxylation is 1. The van der Waals surface area contributed by atoms with E-state index in [9.17, 15) is 8.42 Å². The van der Waals surface area contributed by atoms with Crippen LogP contribution in [0.25, 0.3) is 0 Å². The topological polar surface area (TPSA) is 69.4 Å². The zero-order valence-corrected chi connectivity index (χ0v) is 12.0. The van der Waals surface area contributed by atoms with E-state index in [0.717, 1.165) is 16.9 Å². The van der Waals surface area contributed by atoms with Gasteiger partial charge in [0, 0.05) is 12.3 Å². The second-order valence-electron chi connectivity index (χ2n) is 4.65. The normalized spacial score (nSPS) is 13.3. The van der Waals surface area contributed by atoms with E-state index in [4.69, 9.17) is 10.5 Å². The van der Waals surface area contributed by atoms with Crippen LogP contribution >= 0.6 is 0 Å². The van der Waals surface area contributed by atoms with Crippen molar-refractivity contribution in [3.05, 3.63) is 29.3 Å². The van der Waals surface area contributed by atoms with E-state index in [1.807, 2.05) is 32.0 Å². The highest BCUT2D eigenvalue weighted by Gasteiger charge is 2.05. The van der Waals surface area contributed by atoms with Crippen molar-refractivity contribution < 1.29 is 13.2 Å². The van der Waals surface area contributed by atoms with Gasteiger partial charge in [0.1, 0.15) is 15.6 Å². The molecule has 0 unspecified atom stereocenters. The van der Waals surface area contributed by atoms with E-state index in [-0.39, 0.29) is 11.8 Å². The molecule has 0 aliphatic carbocycles. The average Bonchev–Trinajstić information content (AvgIpc) is 2.24. The van der Waals surface area contributed by atoms with Gasteiger partial charge >= 0.3 is 0 Å². The molecule has 4 nitrogen and oxygen atoms in total. The lowest BCUT2D eigenvalue weighted by atomic mass is 10.1. The first-order valence-electron chi connectivity index (χ1n) is 5.96. The second kappa shape index (κ2) is 6.20. The zero-order chi connectivity index (χ0) is 13.8. The Kier molecular flexibility index (Phi) is 5.16. The molecule has 0 saturated heterocycles. The zero-order valence-electron chi connectivity index (χ0n) is 11.1. The Labute approximate surface area is 109 Å². The van der Waals surface area contributed by atoms with E-state index >= 15 is 0 Å². The van der Waals surface area contributed by atoms with Crippen molar-refractivity contribution in [1.82, 2.24) is 0 Å². The van der Waals surface area contributed by atoms with Crippen LogP contribution in [-0.2, 0) is 9.84 Å². The Morgan fingerprint density at radius 1 is 1.39 bits per heavy atom. The largest absolute Gasteiger partial charge is 0.493 e. The molecule has 0 bridgehead atoms. The van der Waals surface area contributed by atoms with E-state index in [1.165, 1.54) is 6.26 Å². The number of hydrogen-bond acceptors (Lipinski definition) is 4. The van der Waals surface area contributed by atoms with Crippen LogP contribution in [0.1, 0.15) is 30.5 Å². The molecule has 102 valence electrons. The summed E-state index contributed by atoms with van der Waals surface area (Å²) in [5.41, 5.74) is 7.88. The van der Waals surface area contributed by atoms with Gasteiger partial charge in [0.25, 0.3) is 0 Å². The van der Waals surface area contributed by atoms with E-state index in [2.05, 4.69) is 0 Å². The van der Waals surface area contributed by atoms with Crippen molar-refractivity contribution in [3.63, 3.8) is 0 Å². The highest BCUT2D eigenvalue weighted by atomic mass is 32.2. The van der Waals surface area contributed by atoms with Crippen molar-refractivity contribution in [1.29, 1.82) is 0 Å². The molecule has 0 spiro atoms. The highest BCUT2D eigenvalue weighted by molar-refractivity contribution is 7.90. The molecule has 0 aliphatic heterocycles. The Bertz CT molecular complexity index is 495. The third kappa shape index (κ3) is 5.06. The Morgan fingerprint density at radius 3 is 2.56 bits per heavy atom. The molecule has 1 aromatic carbocycles. The molecule has 1 rings (SSSR count).